The van der Waals surface area contributed by atoms with Gasteiger partial charge in [-0.2, -0.15) is 0 Å². The highest BCUT2D eigenvalue weighted by molar-refractivity contribution is 7.33. The van der Waals surface area contributed by atoms with Gasteiger partial charge in [0.15, 0.2) is 6.23 Å². The Morgan fingerprint density at radius 1 is 0.760 bits per heavy atom. The number of nitrogens with zero attached hydrogens (tertiary/aromatic N) is 1. The molecule has 1 fully saturated rings. The highest BCUT2D eigenvalue weighted by atomic mass is 31.1. The summed E-state index contributed by atoms with van der Waals surface area (Å²) in [5.41, 5.74) is 0. The summed E-state index contributed by atoms with van der Waals surface area (Å²) >= 11 is 0. The summed E-state index contributed by atoms with van der Waals surface area (Å²) in [7, 11) is -1.89. The van der Waals surface area contributed by atoms with E-state index in [4.69, 9.17) is 9.05 Å². The van der Waals surface area contributed by atoms with Gasteiger partial charge in [-0.05, 0) is 12.8 Å². The highest BCUT2D eigenvalue weighted by Gasteiger charge is 2.29. The molecule has 0 amide bonds. The third-order valence-corrected chi connectivity index (χ3v) is 5.81. The van der Waals surface area contributed by atoms with Crippen LogP contribution in [0.4, 0.5) is 0 Å². The Morgan fingerprint density at radius 2 is 1.20 bits per heavy atom. The van der Waals surface area contributed by atoms with Gasteiger partial charge in [0.2, 0.25) is 0 Å². The van der Waals surface area contributed by atoms with Crippen LogP contribution in [0.1, 0.15) is 104 Å². The van der Waals surface area contributed by atoms with Crippen LogP contribution in [0.3, 0.4) is 0 Å². The van der Waals surface area contributed by atoms with Crippen molar-refractivity contribution < 1.29 is 13.6 Å². The van der Waals surface area contributed by atoms with Crippen molar-refractivity contribution in [3.05, 3.63) is 0 Å². The van der Waals surface area contributed by atoms with Crippen LogP contribution in [0.25, 0.3) is 0 Å². The molecule has 149 valence electrons. The van der Waals surface area contributed by atoms with E-state index in [2.05, 4.69) is 18.7 Å². The Labute approximate surface area is 157 Å². The number of rotatable bonds is 17. The van der Waals surface area contributed by atoms with E-state index in [9.17, 15) is 4.57 Å². The zero-order valence-electron chi connectivity index (χ0n) is 16.7. The molecule has 2 unspecified atom stereocenters. The fourth-order valence-electron chi connectivity index (χ4n) is 3.40. The van der Waals surface area contributed by atoms with Crippen LogP contribution in [0.15, 0.2) is 0 Å². The molecule has 4 nitrogen and oxygen atoms in total. The Balaban J connectivity index is 2.14. The molecule has 5 heteroatoms. The molecular weight excluding hydrogens is 333 g/mol. The van der Waals surface area contributed by atoms with Crippen LogP contribution in [0.2, 0.25) is 0 Å². The van der Waals surface area contributed by atoms with E-state index in [1.165, 1.54) is 89.9 Å². The lowest BCUT2D eigenvalue weighted by Crippen LogP contribution is -2.38. The maximum Gasteiger partial charge on any atom is 0.370 e. The standard InChI is InChI=1S/C20H41NO3P/c1-3-5-7-9-11-12-14-16-18-21(20-19-23-25(22)24-20)17-15-13-10-8-6-4-2/h20H,3-19H2,1-2H3. The predicted octanol–water partition coefficient (Wildman–Crippen LogP) is 6.82. The molecule has 0 N–H and O–H groups in total. The second-order valence-corrected chi connectivity index (χ2v) is 8.27. The molecule has 0 aliphatic carbocycles. The minimum atomic E-state index is -1.89. The first-order chi connectivity index (χ1) is 12.3. The van der Waals surface area contributed by atoms with Gasteiger partial charge in [-0.15, -0.1) is 0 Å². The van der Waals surface area contributed by atoms with Crippen LogP contribution in [-0.2, 0) is 13.6 Å². The molecule has 1 heterocycles. The van der Waals surface area contributed by atoms with Gasteiger partial charge in [0.1, 0.15) is 6.61 Å². The summed E-state index contributed by atoms with van der Waals surface area (Å²) in [4.78, 5) is 2.36. The SMILES string of the molecule is CCCCCCCCCCN(CCCCCCCC)C1CO[P](=O)O1. The third-order valence-electron chi connectivity index (χ3n) is 5.04. The largest absolute Gasteiger partial charge is 0.370 e. The summed E-state index contributed by atoms with van der Waals surface area (Å²) in [6.07, 6.45) is 18.4. The smallest absolute Gasteiger partial charge is 0.279 e. The van der Waals surface area contributed by atoms with Gasteiger partial charge in [0, 0.05) is 13.1 Å². The molecule has 1 aliphatic heterocycles. The van der Waals surface area contributed by atoms with E-state index in [1.54, 1.807) is 0 Å². The molecule has 0 spiro atoms. The Hall–Kier alpha value is -0.0200. The molecule has 1 saturated heterocycles. The topological polar surface area (TPSA) is 38.8 Å². The highest BCUT2D eigenvalue weighted by Crippen LogP contribution is 2.34. The summed E-state index contributed by atoms with van der Waals surface area (Å²) in [6.45, 7) is 7.06. The lowest BCUT2D eigenvalue weighted by Gasteiger charge is -2.26. The quantitative estimate of drug-likeness (QED) is 0.207. The van der Waals surface area contributed by atoms with Crippen molar-refractivity contribution in [3.63, 3.8) is 0 Å². The lowest BCUT2D eigenvalue weighted by atomic mass is 10.1. The van der Waals surface area contributed by atoms with Crippen molar-refractivity contribution >= 4 is 8.25 Å². The van der Waals surface area contributed by atoms with E-state index < -0.39 is 8.25 Å². The van der Waals surface area contributed by atoms with Crippen molar-refractivity contribution in [3.8, 4) is 0 Å². The molecule has 0 aromatic heterocycles. The first-order valence-corrected chi connectivity index (χ1v) is 11.9. The predicted molar refractivity (Wildman–Crippen MR) is 106 cm³/mol. The zero-order chi connectivity index (χ0) is 18.2. The molecule has 2 atom stereocenters. The maximum atomic E-state index is 11.4. The molecule has 0 aromatic carbocycles. The Kier molecular flexibility index (Phi) is 14.9. The normalized spacial score (nSPS) is 19.2. The molecule has 0 bridgehead atoms. The van der Waals surface area contributed by atoms with Crippen molar-refractivity contribution in [2.24, 2.45) is 0 Å². The van der Waals surface area contributed by atoms with Crippen LogP contribution in [0.5, 0.6) is 0 Å². The van der Waals surface area contributed by atoms with E-state index in [0.29, 0.717) is 6.61 Å². The average molecular weight is 375 g/mol. The average Bonchev–Trinajstić information content (AvgIpc) is 3.04. The van der Waals surface area contributed by atoms with Gasteiger partial charge in [-0.3, -0.25) is 13.9 Å². The lowest BCUT2D eigenvalue weighted by molar-refractivity contribution is 0.0399. The van der Waals surface area contributed by atoms with E-state index in [1.807, 2.05) is 0 Å². The van der Waals surface area contributed by atoms with Crippen molar-refractivity contribution in [2.45, 2.75) is 110 Å². The van der Waals surface area contributed by atoms with Gasteiger partial charge < -0.3 is 0 Å². The van der Waals surface area contributed by atoms with Crippen molar-refractivity contribution in [1.29, 1.82) is 0 Å². The summed E-state index contributed by atoms with van der Waals surface area (Å²) in [5.74, 6) is 0. The van der Waals surface area contributed by atoms with E-state index in [-0.39, 0.29) is 6.23 Å². The zero-order valence-corrected chi connectivity index (χ0v) is 17.6. The monoisotopic (exact) mass is 374 g/mol. The molecular formula is C20H41NO3P. The second kappa shape index (κ2) is 16.2. The van der Waals surface area contributed by atoms with Crippen LogP contribution in [-0.4, -0.2) is 30.8 Å². The van der Waals surface area contributed by atoms with Gasteiger partial charge in [-0.1, -0.05) is 90.9 Å². The summed E-state index contributed by atoms with van der Waals surface area (Å²) in [6, 6.07) is 0. The van der Waals surface area contributed by atoms with Crippen LogP contribution < -0.4 is 0 Å². The van der Waals surface area contributed by atoms with Gasteiger partial charge in [0.25, 0.3) is 0 Å². The van der Waals surface area contributed by atoms with E-state index >= 15 is 0 Å². The van der Waals surface area contributed by atoms with Crippen LogP contribution in [0, 0.1) is 0 Å². The fraction of sp³-hybridized carbons (Fsp3) is 1.00. The van der Waals surface area contributed by atoms with E-state index in [0.717, 1.165) is 13.1 Å². The second-order valence-electron chi connectivity index (χ2n) is 7.36. The van der Waals surface area contributed by atoms with Crippen molar-refractivity contribution in [1.82, 2.24) is 4.90 Å². The molecule has 0 aromatic rings. The first-order valence-electron chi connectivity index (χ1n) is 10.8. The van der Waals surface area contributed by atoms with Crippen LogP contribution >= 0.6 is 8.25 Å². The molecule has 25 heavy (non-hydrogen) atoms. The molecule has 0 saturated carbocycles. The van der Waals surface area contributed by atoms with Gasteiger partial charge in [0.05, 0.1) is 0 Å². The molecule has 1 aliphatic rings. The van der Waals surface area contributed by atoms with Gasteiger partial charge >= 0.3 is 8.25 Å². The minimum Gasteiger partial charge on any atom is -0.279 e. The fourth-order valence-corrected chi connectivity index (χ4v) is 4.10. The Morgan fingerprint density at radius 3 is 1.60 bits per heavy atom. The first kappa shape index (κ1) is 23.0. The summed E-state index contributed by atoms with van der Waals surface area (Å²) in [5, 5.41) is 0. The number of hydrogen-bond donors (Lipinski definition) is 0. The Bertz CT molecular complexity index is 328. The number of unbranched alkanes of at least 4 members (excludes halogenated alkanes) is 12. The minimum absolute atomic E-state index is 0.0937. The van der Waals surface area contributed by atoms with Gasteiger partial charge in [-0.25, -0.2) is 4.57 Å². The molecule has 1 radical (unpaired) electrons. The molecule has 1 rings (SSSR count). The number of hydrogen-bond acceptors (Lipinski definition) is 4. The third kappa shape index (κ3) is 12.1. The maximum absolute atomic E-state index is 11.4. The summed E-state index contributed by atoms with van der Waals surface area (Å²) < 4.78 is 22.0. The van der Waals surface area contributed by atoms with Crippen molar-refractivity contribution in [2.75, 3.05) is 19.7 Å².